The van der Waals surface area contributed by atoms with E-state index in [1.54, 1.807) is 13.8 Å². The summed E-state index contributed by atoms with van der Waals surface area (Å²) in [4.78, 5) is 0. The summed E-state index contributed by atoms with van der Waals surface area (Å²) < 4.78 is 0. The maximum absolute atomic E-state index is 10.9. The first-order chi connectivity index (χ1) is 17.2. The highest BCUT2D eigenvalue weighted by Crippen LogP contribution is 2.27. The van der Waals surface area contributed by atoms with E-state index < -0.39 is 11.2 Å². The van der Waals surface area contributed by atoms with Crippen LogP contribution in [0.25, 0.3) is 0 Å². The molecule has 2 atom stereocenters. The van der Waals surface area contributed by atoms with Gasteiger partial charge in [-0.2, -0.15) is 0 Å². The molecule has 2 unspecified atom stereocenters. The molecule has 0 radical (unpaired) electrons. The molecule has 0 saturated carbocycles. The van der Waals surface area contributed by atoms with E-state index in [1.807, 2.05) is 26.0 Å². The maximum atomic E-state index is 10.9. The molecule has 0 aromatic heterocycles. The Morgan fingerprint density at radius 3 is 1.56 bits per heavy atom. The number of aliphatic hydroxyl groups is 2. The minimum atomic E-state index is -1.10. The topological polar surface area (TPSA) is 60.7 Å². The molecule has 0 heterocycles. The molecule has 3 N–H and O–H groups in total. The molecule has 1 rings (SSSR count). The lowest BCUT2D eigenvalue weighted by Crippen LogP contribution is -2.19. The molecule has 202 valence electrons. The molecule has 3 heteroatoms. The minimum absolute atomic E-state index is 0.0426. The second-order valence-corrected chi connectivity index (χ2v) is 10.7. The van der Waals surface area contributed by atoms with Gasteiger partial charge >= 0.3 is 0 Å². The Balaban J connectivity index is 2.64. The molecule has 0 aliphatic heterocycles. The van der Waals surface area contributed by atoms with Crippen LogP contribution in [0.1, 0.15) is 148 Å². The van der Waals surface area contributed by atoms with Crippen molar-refractivity contribution in [2.75, 3.05) is 0 Å². The number of rotatable bonds is 16. The van der Waals surface area contributed by atoms with E-state index in [0.29, 0.717) is 24.0 Å². The van der Waals surface area contributed by atoms with Gasteiger partial charge in [-0.15, -0.1) is 0 Å². The van der Waals surface area contributed by atoms with Crippen LogP contribution in [0.15, 0.2) is 12.1 Å². The number of aryl methyl sites for hydroxylation is 1. The number of hydrogen-bond donors (Lipinski definition) is 3. The number of unbranched alkanes of at least 4 members (excludes halogenated alkanes) is 12. The van der Waals surface area contributed by atoms with Gasteiger partial charge in [-0.3, -0.25) is 0 Å². The quantitative estimate of drug-likeness (QED) is 0.160. The van der Waals surface area contributed by atoms with E-state index in [4.69, 9.17) is 0 Å². The third-order valence-electron chi connectivity index (χ3n) is 7.11. The van der Waals surface area contributed by atoms with Gasteiger partial charge in [-0.1, -0.05) is 128 Å². The molecule has 0 bridgehead atoms. The van der Waals surface area contributed by atoms with Gasteiger partial charge in [0.1, 0.15) is 17.0 Å². The average molecular weight is 497 g/mol. The third-order valence-corrected chi connectivity index (χ3v) is 7.11. The lowest BCUT2D eigenvalue weighted by molar-refractivity contribution is 0.117. The lowest BCUT2D eigenvalue weighted by Gasteiger charge is -2.14. The zero-order chi connectivity index (χ0) is 26.9. The highest BCUT2D eigenvalue weighted by Gasteiger charge is 2.16. The first kappa shape index (κ1) is 32.1. The Morgan fingerprint density at radius 1 is 0.639 bits per heavy atom. The van der Waals surface area contributed by atoms with Gasteiger partial charge in [-0.25, -0.2) is 0 Å². The maximum Gasteiger partial charge on any atom is 0.147 e. The Hall–Kier alpha value is -1.94. The van der Waals surface area contributed by atoms with Crippen LogP contribution >= 0.6 is 0 Å². The summed E-state index contributed by atoms with van der Waals surface area (Å²) in [5, 5.41) is 31.5. The van der Waals surface area contributed by atoms with E-state index in [-0.39, 0.29) is 5.75 Å². The summed E-state index contributed by atoms with van der Waals surface area (Å²) in [5.74, 6) is 11.8. The zero-order valence-corrected chi connectivity index (χ0v) is 23.8. The monoisotopic (exact) mass is 496 g/mol. The van der Waals surface area contributed by atoms with E-state index in [9.17, 15) is 15.3 Å². The third kappa shape index (κ3) is 13.4. The normalized spacial score (nSPS) is 14.2. The van der Waals surface area contributed by atoms with Crippen molar-refractivity contribution in [2.45, 2.75) is 149 Å². The van der Waals surface area contributed by atoms with Gasteiger partial charge in [0, 0.05) is 0 Å². The van der Waals surface area contributed by atoms with E-state index in [1.165, 1.54) is 70.6 Å². The predicted molar refractivity (Wildman–Crippen MR) is 153 cm³/mol. The standard InChI is InChI=1S/C33H52O3/c1-6-9-10-11-12-13-14-15-16-17-18-19-20-21-28-22-23-29(24-26-32(4,35)7-2)31(34)30(28)25-27-33(5,36)8-3/h22-23,34-36H,6-21H2,1-5H3. The Bertz CT molecular complexity index is 874. The molecule has 1 aromatic rings. The zero-order valence-electron chi connectivity index (χ0n) is 23.8. The summed E-state index contributed by atoms with van der Waals surface area (Å²) in [6, 6.07) is 3.80. The SMILES string of the molecule is CCCCCCCCCCCCCCCc1ccc(C#CC(C)(O)CC)c(O)c1C#CC(C)(O)CC. The van der Waals surface area contributed by atoms with Crippen LogP contribution in [0.2, 0.25) is 0 Å². The molecule has 36 heavy (non-hydrogen) atoms. The summed E-state index contributed by atoms with van der Waals surface area (Å²) >= 11 is 0. The smallest absolute Gasteiger partial charge is 0.147 e. The molecule has 3 nitrogen and oxygen atoms in total. The van der Waals surface area contributed by atoms with Crippen LogP contribution in [-0.2, 0) is 6.42 Å². The summed E-state index contributed by atoms with van der Waals surface area (Å²) in [7, 11) is 0. The fourth-order valence-electron chi connectivity index (χ4n) is 3.99. The van der Waals surface area contributed by atoms with Gasteiger partial charge in [0.05, 0.1) is 11.1 Å². The highest BCUT2D eigenvalue weighted by atomic mass is 16.3. The molecule has 0 aliphatic rings. The Morgan fingerprint density at radius 2 is 1.08 bits per heavy atom. The predicted octanol–water partition coefficient (Wildman–Crippen LogP) is 8.05. The van der Waals surface area contributed by atoms with Crippen molar-refractivity contribution < 1.29 is 15.3 Å². The molecule has 0 saturated heterocycles. The van der Waals surface area contributed by atoms with Gasteiger partial charge in [0.15, 0.2) is 0 Å². The van der Waals surface area contributed by atoms with Crippen molar-refractivity contribution in [3.63, 3.8) is 0 Å². The summed E-state index contributed by atoms with van der Waals surface area (Å²) in [6.45, 7) is 9.38. The van der Waals surface area contributed by atoms with Gasteiger partial charge in [0.2, 0.25) is 0 Å². The molecule has 1 aromatic carbocycles. The average Bonchev–Trinajstić information content (AvgIpc) is 2.85. The van der Waals surface area contributed by atoms with Crippen molar-refractivity contribution in [2.24, 2.45) is 0 Å². The van der Waals surface area contributed by atoms with Crippen LogP contribution in [0.5, 0.6) is 5.75 Å². The second-order valence-electron chi connectivity index (χ2n) is 10.7. The molecule has 0 aliphatic carbocycles. The van der Waals surface area contributed by atoms with Crippen LogP contribution in [0.4, 0.5) is 0 Å². The fraction of sp³-hybridized carbons (Fsp3) is 0.697. The number of aromatic hydroxyl groups is 1. The fourth-order valence-corrected chi connectivity index (χ4v) is 3.99. The molecular weight excluding hydrogens is 444 g/mol. The number of phenols is 1. The van der Waals surface area contributed by atoms with Crippen LogP contribution < -0.4 is 0 Å². The minimum Gasteiger partial charge on any atom is -0.505 e. The Labute approximate surface area is 222 Å². The van der Waals surface area contributed by atoms with Crippen molar-refractivity contribution in [1.82, 2.24) is 0 Å². The van der Waals surface area contributed by atoms with Gasteiger partial charge < -0.3 is 15.3 Å². The molecule has 0 spiro atoms. The van der Waals surface area contributed by atoms with Crippen LogP contribution in [0, 0.1) is 23.7 Å². The van der Waals surface area contributed by atoms with E-state index >= 15 is 0 Å². The molecule has 0 amide bonds. The van der Waals surface area contributed by atoms with E-state index in [0.717, 1.165) is 24.8 Å². The molecule has 0 fully saturated rings. The summed E-state index contributed by atoms with van der Waals surface area (Å²) in [5.41, 5.74) is -0.212. The summed E-state index contributed by atoms with van der Waals surface area (Å²) in [6.07, 6.45) is 18.9. The van der Waals surface area contributed by atoms with E-state index in [2.05, 4.69) is 30.6 Å². The number of phenolic OH excluding ortho intramolecular Hbond substituents is 1. The van der Waals surface area contributed by atoms with Crippen LogP contribution in [0.3, 0.4) is 0 Å². The molecular formula is C33H52O3. The highest BCUT2D eigenvalue weighted by molar-refractivity contribution is 5.60. The number of hydrogen-bond acceptors (Lipinski definition) is 3. The van der Waals surface area contributed by atoms with Gasteiger partial charge in [-0.05, 0) is 51.2 Å². The van der Waals surface area contributed by atoms with Gasteiger partial charge in [0.25, 0.3) is 0 Å². The van der Waals surface area contributed by atoms with Crippen LogP contribution in [-0.4, -0.2) is 26.5 Å². The van der Waals surface area contributed by atoms with Crippen molar-refractivity contribution in [3.05, 3.63) is 28.8 Å². The Kier molecular flexibility index (Phi) is 15.6. The first-order valence-corrected chi connectivity index (χ1v) is 14.5. The first-order valence-electron chi connectivity index (χ1n) is 14.5. The van der Waals surface area contributed by atoms with Crippen molar-refractivity contribution in [1.29, 1.82) is 0 Å². The second kappa shape index (κ2) is 17.5. The van der Waals surface area contributed by atoms with Crippen molar-refractivity contribution >= 4 is 0 Å². The largest absolute Gasteiger partial charge is 0.505 e. The number of benzene rings is 1. The van der Waals surface area contributed by atoms with Crippen molar-refractivity contribution in [3.8, 4) is 29.4 Å². The lowest BCUT2D eigenvalue weighted by atomic mass is 9.95.